The first-order chi connectivity index (χ1) is 7.84. The number of nitrogens with zero attached hydrogens (tertiary/aromatic N) is 1. The Bertz CT molecular complexity index is 310. The van der Waals surface area contributed by atoms with Gasteiger partial charge in [0.05, 0.1) is 0 Å². The number of amides is 1. The molecule has 4 atom stereocenters. The van der Waals surface area contributed by atoms with E-state index >= 15 is 0 Å². The summed E-state index contributed by atoms with van der Waals surface area (Å²) in [5.41, 5.74) is -0.360. The Kier molecular flexibility index (Phi) is 3.10. The molecule has 17 heavy (non-hydrogen) atoms. The Morgan fingerprint density at radius 3 is 2.35 bits per heavy atom. The van der Waals surface area contributed by atoms with Crippen LogP contribution in [0, 0.1) is 17.8 Å². The van der Waals surface area contributed by atoms with Crippen LogP contribution < -0.4 is 0 Å². The van der Waals surface area contributed by atoms with Crippen molar-refractivity contribution >= 4 is 6.09 Å². The fourth-order valence-electron chi connectivity index (χ4n) is 3.89. The fourth-order valence-corrected chi connectivity index (χ4v) is 3.89. The molecule has 0 aromatic carbocycles. The van der Waals surface area contributed by atoms with Gasteiger partial charge in [0.2, 0.25) is 0 Å². The molecule has 2 saturated carbocycles. The first kappa shape index (κ1) is 12.7. The summed E-state index contributed by atoms with van der Waals surface area (Å²) >= 11 is 0. The van der Waals surface area contributed by atoms with Gasteiger partial charge in [-0.1, -0.05) is 0 Å². The number of hydrogen-bond acceptors (Lipinski definition) is 2. The third-order valence-electron chi connectivity index (χ3n) is 4.41. The van der Waals surface area contributed by atoms with Crippen LogP contribution >= 0.6 is 0 Å². The van der Waals surface area contributed by atoms with Crippen LogP contribution in [0.25, 0.3) is 0 Å². The SMILES string of the molecule is CC(C)(C)N(C(=O)O)C1CC2CC(CO)C1C2. The van der Waals surface area contributed by atoms with Crippen LogP contribution in [0.5, 0.6) is 0 Å². The van der Waals surface area contributed by atoms with Gasteiger partial charge in [0.1, 0.15) is 0 Å². The van der Waals surface area contributed by atoms with E-state index in [1.165, 1.54) is 0 Å². The van der Waals surface area contributed by atoms with Gasteiger partial charge < -0.3 is 15.1 Å². The minimum Gasteiger partial charge on any atom is -0.465 e. The van der Waals surface area contributed by atoms with Crippen molar-refractivity contribution in [3.8, 4) is 0 Å². The quantitative estimate of drug-likeness (QED) is 0.779. The Labute approximate surface area is 103 Å². The molecule has 0 aromatic rings. The molecule has 2 rings (SSSR count). The van der Waals surface area contributed by atoms with E-state index in [0.717, 1.165) is 19.3 Å². The average molecular weight is 241 g/mol. The molecule has 0 saturated heterocycles. The number of carboxylic acid groups (broad SMARTS) is 1. The summed E-state index contributed by atoms with van der Waals surface area (Å²) in [5.74, 6) is 1.29. The van der Waals surface area contributed by atoms with Crippen molar-refractivity contribution in [2.45, 2.75) is 51.6 Å². The lowest BCUT2D eigenvalue weighted by Crippen LogP contribution is -2.54. The standard InChI is InChI=1S/C13H23NO3/c1-13(2,3)14(12(16)17)11-6-8-4-9(7-15)10(11)5-8/h8-11,15H,4-7H2,1-3H3,(H,16,17). The van der Waals surface area contributed by atoms with Crippen LogP contribution in [0.1, 0.15) is 40.0 Å². The molecule has 4 unspecified atom stereocenters. The van der Waals surface area contributed by atoms with Crippen molar-refractivity contribution in [3.63, 3.8) is 0 Å². The van der Waals surface area contributed by atoms with Crippen molar-refractivity contribution in [2.24, 2.45) is 17.8 Å². The van der Waals surface area contributed by atoms with Crippen molar-refractivity contribution in [3.05, 3.63) is 0 Å². The van der Waals surface area contributed by atoms with E-state index in [0.29, 0.717) is 17.8 Å². The molecular weight excluding hydrogens is 218 g/mol. The van der Waals surface area contributed by atoms with Gasteiger partial charge in [0.25, 0.3) is 0 Å². The lowest BCUT2D eigenvalue weighted by Gasteiger charge is -2.43. The molecule has 2 N–H and O–H groups in total. The normalized spacial score (nSPS) is 36.2. The van der Waals surface area contributed by atoms with Gasteiger partial charge in [0.15, 0.2) is 0 Å². The summed E-state index contributed by atoms with van der Waals surface area (Å²) in [6.07, 6.45) is 2.32. The first-order valence-corrected chi connectivity index (χ1v) is 6.47. The molecule has 4 nitrogen and oxygen atoms in total. The minimum absolute atomic E-state index is 0.100. The Morgan fingerprint density at radius 1 is 1.29 bits per heavy atom. The number of aliphatic hydroxyl groups is 1. The van der Waals surface area contributed by atoms with Crippen molar-refractivity contribution < 1.29 is 15.0 Å². The van der Waals surface area contributed by atoms with Gasteiger partial charge >= 0.3 is 6.09 Å². The van der Waals surface area contributed by atoms with Gasteiger partial charge in [-0.25, -0.2) is 4.79 Å². The van der Waals surface area contributed by atoms with E-state index in [-0.39, 0.29) is 18.2 Å². The molecule has 2 aliphatic rings. The summed E-state index contributed by atoms with van der Waals surface area (Å²) in [7, 11) is 0. The summed E-state index contributed by atoms with van der Waals surface area (Å²) in [5, 5.41) is 18.8. The zero-order chi connectivity index (χ0) is 12.8. The summed E-state index contributed by atoms with van der Waals surface area (Å²) in [4.78, 5) is 13.1. The van der Waals surface area contributed by atoms with Crippen LogP contribution in [-0.2, 0) is 0 Å². The molecule has 2 bridgehead atoms. The van der Waals surface area contributed by atoms with E-state index in [1.54, 1.807) is 4.90 Å². The predicted octanol–water partition coefficient (Wildman–Crippen LogP) is 2.17. The highest BCUT2D eigenvalue weighted by Crippen LogP contribution is 2.51. The van der Waals surface area contributed by atoms with Crippen LogP contribution in [0.3, 0.4) is 0 Å². The van der Waals surface area contributed by atoms with Gasteiger partial charge in [0, 0.05) is 18.2 Å². The molecule has 98 valence electrons. The second kappa shape index (κ2) is 4.16. The molecule has 1 amide bonds. The van der Waals surface area contributed by atoms with E-state index in [9.17, 15) is 15.0 Å². The van der Waals surface area contributed by atoms with Gasteiger partial charge in [-0.2, -0.15) is 0 Å². The largest absolute Gasteiger partial charge is 0.465 e. The average Bonchev–Trinajstić information content (AvgIpc) is 2.73. The maximum absolute atomic E-state index is 11.5. The van der Waals surface area contributed by atoms with E-state index < -0.39 is 6.09 Å². The Balaban J connectivity index is 2.19. The van der Waals surface area contributed by atoms with Crippen molar-refractivity contribution in [1.29, 1.82) is 0 Å². The zero-order valence-electron chi connectivity index (χ0n) is 10.9. The minimum atomic E-state index is -0.827. The lowest BCUT2D eigenvalue weighted by molar-refractivity contribution is 0.0286. The third-order valence-corrected chi connectivity index (χ3v) is 4.41. The second-order valence-corrected chi connectivity index (χ2v) is 6.57. The maximum Gasteiger partial charge on any atom is 0.407 e. The number of hydrogen-bond donors (Lipinski definition) is 2. The number of fused-ring (bicyclic) bond motifs is 2. The monoisotopic (exact) mass is 241 g/mol. The van der Waals surface area contributed by atoms with Crippen molar-refractivity contribution in [2.75, 3.05) is 6.61 Å². The molecule has 0 spiro atoms. The summed E-state index contributed by atoms with van der Waals surface area (Å²) in [6.45, 7) is 6.04. The van der Waals surface area contributed by atoms with Crippen molar-refractivity contribution in [1.82, 2.24) is 4.90 Å². The topological polar surface area (TPSA) is 60.8 Å². The van der Waals surface area contributed by atoms with Crippen LogP contribution in [0.4, 0.5) is 4.79 Å². The van der Waals surface area contributed by atoms with Gasteiger partial charge in [-0.05, 0) is 57.8 Å². The van der Waals surface area contributed by atoms with Crippen LogP contribution in [0.2, 0.25) is 0 Å². The number of aliphatic hydroxyl groups excluding tert-OH is 1. The molecule has 0 heterocycles. The smallest absolute Gasteiger partial charge is 0.407 e. The third kappa shape index (κ3) is 2.15. The van der Waals surface area contributed by atoms with Gasteiger partial charge in [-0.3, -0.25) is 0 Å². The highest BCUT2D eigenvalue weighted by molar-refractivity contribution is 5.66. The molecule has 2 fully saturated rings. The predicted molar refractivity (Wildman–Crippen MR) is 64.8 cm³/mol. The maximum atomic E-state index is 11.5. The molecule has 4 heteroatoms. The van der Waals surface area contributed by atoms with E-state index in [2.05, 4.69) is 0 Å². The van der Waals surface area contributed by atoms with Crippen LogP contribution in [0.15, 0.2) is 0 Å². The Hall–Kier alpha value is -0.770. The Morgan fingerprint density at radius 2 is 1.94 bits per heavy atom. The second-order valence-electron chi connectivity index (χ2n) is 6.57. The summed E-state index contributed by atoms with van der Waals surface area (Å²) in [6, 6.07) is 0.100. The molecule has 0 aliphatic heterocycles. The van der Waals surface area contributed by atoms with Crippen LogP contribution in [-0.4, -0.2) is 39.4 Å². The highest BCUT2D eigenvalue weighted by atomic mass is 16.4. The summed E-state index contributed by atoms with van der Waals surface area (Å²) < 4.78 is 0. The zero-order valence-corrected chi connectivity index (χ0v) is 10.9. The highest BCUT2D eigenvalue weighted by Gasteiger charge is 2.51. The number of rotatable bonds is 2. The molecule has 0 radical (unpaired) electrons. The lowest BCUT2D eigenvalue weighted by atomic mass is 9.83. The van der Waals surface area contributed by atoms with E-state index in [4.69, 9.17) is 0 Å². The first-order valence-electron chi connectivity index (χ1n) is 6.47. The molecule has 0 aromatic heterocycles. The number of carbonyl (C=O) groups is 1. The molecule has 2 aliphatic carbocycles. The van der Waals surface area contributed by atoms with E-state index in [1.807, 2.05) is 20.8 Å². The fraction of sp³-hybridized carbons (Fsp3) is 0.923. The van der Waals surface area contributed by atoms with Gasteiger partial charge in [-0.15, -0.1) is 0 Å². The molecular formula is C13H23NO3.